The molecule has 2 amide bonds. The summed E-state index contributed by atoms with van der Waals surface area (Å²) in [4.78, 5) is 30.3. The first-order valence-corrected chi connectivity index (χ1v) is 11.0. The number of carbonyl (C=O) groups excluding carboxylic acids is 2. The van der Waals surface area contributed by atoms with Crippen molar-refractivity contribution in [3.8, 4) is 0 Å². The minimum Gasteiger partial charge on any atom is -0.356 e. The predicted octanol–water partition coefficient (Wildman–Crippen LogP) is 2.82. The van der Waals surface area contributed by atoms with Crippen LogP contribution >= 0.6 is 0 Å². The van der Waals surface area contributed by atoms with Gasteiger partial charge in [-0.05, 0) is 55.2 Å². The maximum atomic E-state index is 12.3. The van der Waals surface area contributed by atoms with Crippen molar-refractivity contribution in [2.45, 2.75) is 39.3 Å². The average molecular weight is 438 g/mol. The fraction of sp³-hybridized carbons (Fsp3) is 0.400. The van der Waals surface area contributed by atoms with Crippen molar-refractivity contribution in [2.75, 3.05) is 27.7 Å². The fourth-order valence-corrected chi connectivity index (χ4v) is 3.08. The molecule has 0 aliphatic rings. The lowest BCUT2D eigenvalue weighted by atomic mass is 10.1. The van der Waals surface area contributed by atoms with Gasteiger partial charge in [0.05, 0.1) is 0 Å². The van der Waals surface area contributed by atoms with E-state index in [0.29, 0.717) is 30.2 Å². The van der Waals surface area contributed by atoms with Crippen LogP contribution in [0.5, 0.6) is 0 Å². The second-order valence-electron chi connectivity index (χ2n) is 7.99. The summed E-state index contributed by atoms with van der Waals surface area (Å²) in [6.07, 6.45) is 1.66. The lowest BCUT2D eigenvalue weighted by molar-refractivity contribution is 0.0827. The van der Waals surface area contributed by atoms with Gasteiger partial charge < -0.3 is 20.9 Å². The molecular weight excluding hydrogens is 402 g/mol. The molecule has 0 aromatic heterocycles. The SMILES string of the molecule is CCC(C)NC(=O)c1cccc(CNC(=NC)NCCc2cccc(C(=O)N(C)C)c2)c1. The molecule has 1 unspecified atom stereocenters. The standard InChI is InChI=1S/C25H35N5O2/c1-6-18(2)29-23(31)21-11-8-10-20(16-21)17-28-25(26-3)27-14-13-19-9-7-12-22(15-19)24(32)30(4)5/h7-12,15-16,18H,6,13-14,17H2,1-5H3,(H,29,31)(H2,26,27,28). The van der Waals surface area contributed by atoms with Crippen molar-refractivity contribution in [2.24, 2.45) is 4.99 Å². The summed E-state index contributed by atoms with van der Waals surface area (Å²) < 4.78 is 0. The molecular formula is C25H35N5O2. The van der Waals surface area contributed by atoms with E-state index in [4.69, 9.17) is 0 Å². The zero-order valence-electron chi connectivity index (χ0n) is 19.7. The minimum atomic E-state index is -0.0568. The lowest BCUT2D eigenvalue weighted by Crippen LogP contribution is -2.38. The van der Waals surface area contributed by atoms with Gasteiger partial charge in [0.15, 0.2) is 5.96 Å². The Morgan fingerprint density at radius 3 is 2.31 bits per heavy atom. The van der Waals surface area contributed by atoms with Crippen LogP contribution in [0.2, 0.25) is 0 Å². The third-order valence-corrected chi connectivity index (χ3v) is 5.15. The maximum Gasteiger partial charge on any atom is 0.253 e. The van der Waals surface area contributed by atoms with E-state index in [1.807, 2.05) is 62.4 Å². The summed E-state index contributed by atoms with van der Waals surface area (Å²) in [5, 5.41) is 9.57. The molecule has 0 bridgehead atoms. The third kappa shape index (κ3) is 7.72. The van der Waals surface area contributed by atoms with Crippen molar-refractivity contribution in [3.63, 3.8) is 0 Å². The van der Waals surface area contributed by atoms with Crippen LogP contribution in [0, 0.1) is 0 Å². The topological polar surface area (TPSA) is 85.8 Å². The average Bonchev–Trinajstić information content (AvgIpc) is 2.80. The number of hydrogen-bond donors (Lipinski definition) is 3. The molecule has 0 heterocycles. The van der Waals surface area contributed by atoms with Gasteiger partial charge in [-0.25, -0.2) is 0 Å². The molecule has 3 N–H and O–H groups in total. The molecule has 0 fully saturated rings. The number of benzene rings is 2. The molecule has 2 aromatic carbocycles. The summed E-state index contributed by atoms with van der Waals surface area (Å²) in [7, 11) is 5.22. The number of aliphatic imine (C=N–C) groups is 1. The molecule has 0 aliphatic carbocycles. The van der Waals surface area contributed by atoms with Crippen LogP contribution in [0.15, 0.2) is 53.5 Å². The first-order valence-electron chi connectivity index (χ1n) is 11.0. The van der Waals surface area contributed by atoms with Gasteiger partial charge in [0.1, 0.15) is 0 Å². The quantitative estimate of drug-likeness (QED) is 0.416. The molecule has 0 radical (unpaired) electrons. The number of nitrogens with one attached hydrogen (secondary N) is 3. The van der Waals surface area contributed by atoms with E-state index in [1.165, 1.54) is 0 Å². The molecule has 32 heavy (non-hydrogen) atoms. The molecule has 2 rings (SSSR count). The molecule has 0 saturated heterocycles. The smallest absolute Gasteiger partial charge is 0.253 e. The Morgan fingerprint density at radius 1 is 1.00 bits per heavy atom. The van der Waals surface area contributed by atoms with Crippen LogP contribution in [0.1, 0.15) is 52.1 Å². The van der Waals surface area contributed by atoms with Crippen LogP contribution in [-0.4, -0.2) is 56.4 Å². The van der Waals surface area contributed by atoms with E-state index < -0.39 is 0 Å². The highest BCUT2D eigenvalue weighted by molar-refractivity contribution is 5.94. The van der Waals surface area contributed by atoms with Crippen LogP contribution in [0.4, 0.5) is 0 Å². The van der Waals surface area contributed by atoms with Crippen molar-refractivity contribution >= 4 is 17.8 Å². The normalized spacial score (nSPS) is 12.1. The summed E-state index contributed by atoms with van der Waals surface area (Å²) >= 11 is 0. The number of nitrogens with zero attached hydrogens (tertiary/aromatic N) is 2. The lowest BCUT2D eigenvalue weighted by Gasteiger charge is -2.14. The van der Waals surface area contributed by atoms with Crippen molar-refractivity contribution in [1.29, 1.82) is 0 Å². The molecule has 172 valence electrons. The monoisotopic (exact) mass is 437 g/mol. The van der Waals surface area contributed by atoms with Crippen molar-refractivity contribution in [3.05, 3.63) is 70.8 Å². The van der Waals surface area contributed by atoms with E-state index in [9.17, 15) is 9.59 Å². The van der Waals surface area contributed by atoms with E-state index in [1.54, 1.807) is 26.0 Å². The van der Waals surface area contributed by atoms with Gasteiger partial charge in [-0.2, -0.15) is 0 Å². The zero-order valence-corrected chi connectivity index (χ0v) is 19.7. The highest BCUT2D eigenvalue weighted by Gasteiger charge is 2.10. The highest BCUT2D eigenvalue weighted by Crippen LogP contribution is 2.08. The summed E-state index contributed by atoms with van der Waals surface area (Å²) in [5.41, 5.74) is 3.42. The predicted molar refractivity (Wildman–Crippen MR) is 130 cm³/mol. The van der Waals surface area contributed by atoms with Gasteiger partial charge in [0, 0.05) is 51.4 Å². The van der Waals surface area contributed by atoms with Gasteiger partial charge >= 0.3 is 0 Å². The number of amides is 2. The van der Waals surface area contributed by atoms with Gasteiger partial charge in [0.2, 0.25) is 0 Å². The van der Waals surface area contributed by atoms with Crippen LogP contribution in [0.25, 0.3) is 0 Å². The number of rotatable bonds is 9. The molecule has 1 atom stereocenters. The third-order valence-electron chi connectivity index (χ3n) is 5.15. The van der Waals surface area contributed by atoms with E-state index in [0.717, 1.165) is 24.0 Å². The molecule has 0 aliphatic heterocycles. The minimum absolute atomic E-state index is 0.00245. The Bertz CT molecular complexity index is 939. The van der Waals surface area contributed by atoms with Crippen LogP contribution < -0.4 is 16.0 Å². The van der Waals surface area contributed by atoms with Crippen LogP contribution in [-0.2, 0) is 13.0 Å². The largest absolute Gasteiger partial charge is 0.356 e. The first-order chi connectivity index (χ1) is 15.3. The summed E-state index contributed by atoms with van der Waals surface area (Å²) in [6.45, 7) is 5.27. The van der Waals surface area contributed by atoms with Gasteiger partial charge in [-0.3, -0.25) is 14.6 Å². The maximum absolute atomic E-state index is 12.3. The second-order valence-corrected chi connectivity index (χ2v) is 7.99. The molecule has 7 heteroatoms. The summed E-state index contributed by atoms with van der Waals surface area (Å²) in [5.74, 6) is 0.621. The Labute approximate surface area is 191 Å². The first kappa shape index (κ1) is 24.9. The Balaban J connectivity index is 1.86. The van der Waals surface area contributed by atoms with Crippen molar-refractivity contribution in [1.82, 2.24) is 20.9 Å². The number of carbonyl (C=O) groups is 2. The number of guanidine groups is 1. The van der Waals surface area contributed by atoms with Crippen molar-refractivity contribution < 1.29 is 9.59 Å². The van der Waals surface area contributed by atoms with Gasteiger partial charge in [-0.15, -0.1) is 0 Å². The fourth-order valence-electron chi connectivity index (χ4n) is 3.08. The molecule has 2 aromatic rings. The second kappa shape index (κ2) is 12.5. The zero-order chi connectivity index (χ0) is 23.5. The van der Waals surface area contributed by atoms with E-state index >= 15 is 0 Å². The van der Waals surface area contributed by atoms with E-state index in [-0.39, 0.29) is 17.9 Å². The highest BCUT2D eigenvalue weighted by atomic mass is 16.2. The molecule has 0 spiro atoms. The number of hydrogen-bond acceptors (Lipinski definition) is 3. The molecule has 7 nitrogen and oxygen atoms in total. The Hall–Kier alpha value is -3.35. The van der Waals surface area contributed by atoms with E-state index in [2.05, 4.69) is 20.9 Å². The van der Waals surface area contributed by atoms with Gasteiger partial charge in [-0.1, -0.05) is 31.2 Å². The van der Waals surface area contributed by atoms with Crippen LogP contribution in [0.3, 0.4) is 0 Å². The van der Waals surface area contributed by atoms with Gasteiger partial charge in [0.25, 0.3) is 11.8 Å². The molecule has 0 saturated carbocycles. The Kier molecular flexibility index (Phi) is 9.73. The Morgan fingerprint density at radius 2 is 1.66 bits per heavy atom. The summed E-state index contributed by atoms with van der Waals surface area (Å²) in [6, 6.07) is 15.4.